The number of hydrogen-bond donors (Lipinski definition) is 2. The van der Waals surface area contributed by atoms with E-state index in [2.05, 4.69) is 12.2 Å². The molecule has 2 unspecified atom stereocenters. The van der Waals surface area contributed by atoms with Crippen molar-refractivity contribution in [3.63, 3.8) is 0 Å². The van der Waals surface area contributed by atoms with E-state index in [0.717, 1.165) is 10.8 Å². The Labute approximate surface area is 130 Å². The molecule has 112 valence electrons. The van der Waals surface area contributed by atoms with Crippen LogP contribution in [0, 0.1) is 0 Å². The molecule has 3 nitrogen and oxygen atoms in total. The number of methoxy groups -OCH3 is 1. The van der Waals surface area contributed by atoms with Crippen molar-refractivity contribution < 1.29 is 9.84 Å². The quantitative estimate of drug-likeness (QED) is 0.837. The van der Waals surface area contributed by atoms with Crippen LogP contribution in [0.4, 0.5) is 0 Å². The van der Waals surface area contributed by atoms with Gasteiger partial charge in [0.05, 0.1) is 7.11 Å². The first-order valence-corrected chi connectivity index (χ1v) is 8.47. The Morgan fingerprint density at radius 2 is 2.25 bits per heavy atom. The van der Waals surface area contributed by atoms with Gasteiger partial charge in [0.2, 0.25) is 0 Å². The van der Waals surface area contributed by atoms with Crippen molar-refractivity contribution >= 4 is 23.4 Å². The minimum atomic E-state index is 0.182. The molecular formula is C15H22ClNO2S. The molecule has 0 aliphatic heterocycles. The number of phenolic OH excluding ortho intramolecular Hbond substituents is 1. The minimum absolute atomic E-state index is 0.182. The van der Waals surface area contributed by atoms with E-state index in [1.165, 1.54) is 32.1 Å². The Bertz CT molecular complexity index is 456. The predicted octanol–water partition coefficient (Wildman–Crippen LogP) is 3.82. The number of aromatic hydroxyl groups is 1. The topological polar surface area (TPSA) is 41.5 Å². The molecule has 2 rings (SSSR count). The largest absolute Gasteiger partial charge is 0.504 e. The molecule has 1 aromatic rings. The number of halogens is 1. The molecule has 2 N–H and O–H groups in total. The fourth-order valence-electron chi connectivity index (χ4n) is 2.69. The van der Waals surface area contributed by atoms with Crippen molar-refractivity contribution in [2.45, 2.75) is 44.0 Å². The van der Waals surface area contributed by atoms with Crippen molar-refractivity contribution in [1.82, 2.24) is 5.32 Å². The lowest BCUT2D eigenvalue weighted by Crippen LogP contribution is -2.26. The molecule has 5 heteroatoms. The van der Waals surface area contributed by atoms with E-state index in [0.29, 0.717) is 23.4 Å². The fraction of sp³-hybridized carbons (Fsp3) is 0.600. The van der Waals surface area contributed by atoms with Crippen LogP contribution in [0.3, 0.4) is 0 Å². The van der Waals surface area contributed by atoms with E-state index < -0.39 is 0 Å². The SMILES string of the molecule is CCSC1CCC(NCc2cc(Cl)cc(OC)c2O)C1. The zero-order valence-corrected chi connectivity index (χ0v) is 13.6. The molecule has 1 saturated carbocycles. The fourth-order valence-corrected chi connectivity index (χ4v) is 4.06. The molecule has 0 bridgehead atoms. The van der Waals surface area contributed by atoms with Crippen LogP contribution in [0.5, 0.6) is 11.5 Å². The Kier molecular flexibility index (Phi) is 5.87. The second kappa shape index (κ2) is 7.43. The third-order valence-corrected chi connectivity index (χ3v) is 5.16. The summed E-state index contributed by atoms with van der Waals surface area (Å²) in [6, 6.07) is 3.95. The van der Waals surface area contributed by atoms with Gasteiger partial charge in [-0.05, 0) is 31.1 Å². The van der Waals surface area contributed by atoms with E-state index in [-0.39, 0.29) is 5.75 Å². The van der Waals surface area contributed by atoms with Crippen LogP contribution in [0.2, 0.25) is 5.02 Å². The lowest BCUT2D eigenvalue weighted by atomic mass is 10.1. The first kappa shape index (κ1) is 15.8. The molecule has 0 radical (unpaired) electrons. The summed E-state index contributed by atoms with van der Waals surface area (Å²) in [5.74, 6) is 1.80. The first-order chi connectivity index (χ1) is 9.63. The normalized spacial score (nSPS) is 22.1. The zero-order valence-electron chi connectivity index (χ0n) is 12.0. The average Bonchev–Trinajstić information content (AvgIpc) is 2.87. The van der Waals surface area contributed by atoms with Crippen molar-refractivity contribution in [3.05, 3.63) is 22.7 Å². The average molecular weight is 316 g/mol. The maximum atomic E-state index is 10.1. The van der Waals surface area contributed by atoms with Gasteiger partial charge in [0, 0.05) is 34.5 Å². The summed E-state index contributed by atoms with van der Waals surface area (Å²) in [4.78, 5) is 0. The van der Waals surface area contributed by atoms with Gasteiger partial charge in [-0.25, -0.2) is 0 Å². The summed E-state index contributed by atoms with van der Waals surface area (Å²) in [7, 11) is 1.53. The van der Waals surface area contributed by atoms with Gasteiger partial charge in [0.15, 0.2) is 11.5 Å². The molecule has 0 saturated heterocycles. The number of ether oxygens (including phenoxy) is 1. The highest BCUT2D eigenvalue weighted by Gasteiger charge is 2.24. The van der Waals surface area contributed by atoms with E-state index in [1.807, 2.05) is 11.8 Å². The highest BCUT2D eigenvalue weighted by atomic mass is 35.5. The maximum absolute atomic E-state index is 10.1. The van der Waals surface area contributed by atoms with Gasteiger partial charge in [0.1, 0.15) is 0 Å². The molecule has 1 aliphatic carbocycles. The summed E-state index contributed by atoms with van der Waals surface area (Å²) in [6.45, 7) is 2.83. The second-order valence-electron chi connectivity index (χ2n) is 5.08. The lowest BCUT2D eigenvalue weighted by Gasteiger charge is -2.15. The number of rotatable bonds is 6. The molecule has 0 heterocycles. The van der Waals surface area contributed by atoms with Crippen LogP contribution in [-0.2, 0) is 6.54 Å². The van der Waals surface area contributed by atoms with Gasteiger partial charge >= 0.3 is 0 Å². The summed E-state index contributed by atoms with van der Waals surface area (Å²) in [6.07, 6.45) is 3.69. The summed E-state index contributed by atoms with van der Waals surface area (Å²) >= 11 is 8.08. The Morgan fingerprint density at radius 3 is 2.95 bits per heavy atom. The number of phenols is 1. The van der Waals surface area contributed by atoms with Gasteiger partial charge in [-0.1, -0.05) is 18.5 Å². The van der Waals surface area contributed by atoms with Crippen LogP contribution in [0.1, 0.15) is 31.7 Å². The maximum Gasteiger partial charge on any atom is 0.162 e. The molecule has 0 spiro atoms. The van der Waals surface area contributed by atoms with Crippen LogP contribution in [-0.4, -0.2) is 29.3 Å². The van der Waals surface area contributed by atoms with E-state index in [9.17, 15) is 5.11 Å². The second-order valence-corrected chi connectivity index (χ2v) is 7.10. The molecular weight excluding hydrogens is 294 g/mol. The van der Waals surface area contributed by atoms with Crippen LogP contribution < -0.4 is 10.1 Å². The smallest absolute Gasteiger partial charge is 0.162 e. The number of thioether (sulfide) groups is 1. The number of benzene rings is 1. The highest BCUT2D eigenvalue weighted by Crippen LogP contribution is 2.34. The van der Waals surface area contributed by atoms with E-state index in [1.54, 1.807) is 12.1 Å². The zero-order chi connectivity index (χ0) is 14.5. The van der Waals surface area contributed by atoms with E-state index in [4.69, 9.17) is 16.3 Å². The third kappa shape index (κ3) is 3.96. The van der Waals surface area contributed by atoms with Crippen molar-refractivity contribution in [2.75, 3.05) is 12.9 Å². The van der Waals surface area contributed by atoms with Gasteiger partial charge in [-0.2, -0.15) is 11.8 Å². The molecule has 1 fully saturated rings. The lowest BCUT2D eigenvalue weighted by molar-refractivity contribution is 0.368. The van der Waals surface area contributed by atoms with Gasteiger partial charge in [-0.3, -0.25) is 0 Å². The van der Waals surface area contributed by atoms with Crippen molar-refractivity contribution in [2.24, 2.45) is 0 Å². The minimum Gasteiger partial charge on any atom is -0.504 e. The van der Waals surface area contributed by atoms with Gasteiger partial charge < -0.3 is 15.2 Å². The Morgan fingerprint density at radius 1 is 1.45 bits per heavy atom. The molecule has 0 aromatic heterocycles. The van der Waals surface area contributed by atoms with E-state index >= 15 is 0 Å². The summed E-state index contributed by atoms with van der Waals surface area (Å²) in [5, 5.41) is 15.0. The van der Waals surface area contributed by atoms with Gasteiger partial charge in [0.25, 0.3) is 0 Å². The summed E-state index contributed by atoms with van der Waals surface area (Å²) < 4.78 is 5.12. The molecule has 20 heavy (non-hydrogen) atoms. The Balaban J connectivity index is 1.93. The third-order valence-electron chi connectivity index (χ3n) is 3.71. The molecule has 2 atom stereocenters. The van der Waals surface area contributed by atoms with Crippen molar-refractivity contribution in [1.29, 1.82) is 0 Å². The van der Waals surface area contributed by atoms with Crippen molar-refractivity contribution in [3.8, 4) is 11.5 Å². The van der Waals surface area contributed by atoms with Crippen LogP contribution in [0.25, 0.3) is 0 Å². The van der Waals surface area contributed by atoms with Gasteiger partial charge in [-0.15, -0.1) is 0 Å². The monoisotopic (exact) mass is 315 g/mol. The predicted molar refractivity (Wildman–Crippen MR) is 86.1 cm³/mol. The highest BCUT2D eigenvalue weighted by molar-refractivity contribution is 7.99. The molecule has 1 aliphatic rings. The molecule has 0 amide bonds. The van der Waals surface area contributed by atoms with Crippen LogP contribution >= 0.6 is 23.4 Å². The number of nitrogens with one attached hydrogen (secondary N) is 1. The summed E-state index contributed by atoms with van der Waals surface area (Å²) in [5.41, 5.74) is 0.793. The number of hydrogen-bond acceptors (Lipinski definition) is 4. The Hall–Kier alpha value is -0.580. The standard InChI is InChI=1S/C15H22ClNO2S/c1-3-20-13-5-4-12(8-13)17-9-10-6-11(16)7-14(19-2)15(10)18/h6-7,12-13,17-18H,3-5,8-9H2,1-2H3. The van der Waals surface area contributed by atoms with Crippen LogP contribution in [0.15, 0.2) is 12.1 Å². The molecule has 1 aromatic carbocycles. The first-order valence-electron chi connectivity index (χ1n) is 7.04.